The van der Waals surface area contributed by atoms with Gasteiger partial charge < -0.3 is 22.7 Å². The van der Waals surface area contributed by atoms with Crippen molar-refractivity contribution in [2.24, 2.45) is 5.92 Å². The van der Waals surface area contributed by atoms with E-state index in [0.29, 0.717) is 0 Å². The standard InChI is InChI=1S/C74H50N6/c1-47-63(50-40-53(79-70-32-14-6-24-59(70)60-25-7-15-33-71(60)79)45-54(41-50)80-72-34-16-8-26-61(72)62-27-9-17-35-73(62)80)42-49(43-64(47)65-46-76-37-19-18-36-74(76)75-65)48-38-51(77-66-28-10-2-20-55(66)56-21-3-11-29-67(56)77)44-52(39-48)78-68-30-12-4-22-57(68)58-23-5-13-31-69(58)78/h2-47,64H,1H3. The summed E-state index contributed by atoms with van der Waals surface area (Å²) < 4.78 is 12.1. The Hall–Kier alpha value is -10.4. The Labute approximate surface area is 460 Å². The maximum atomic E-state index is 5.42. The molecule has 0 aliphatic heterocycles. The van der Waals surface area contributed by atoms with Crippen molar-refractivity contribution >= 4 is 104 Å². The molecule has 17 rings (SSSR count). The van der Waals surface area contributed by atoms with Crippen LogP contribution in [0.3, 0.4) is 0 Å². The summed E-state index contributed by atoms with van der Waals surface area (Å²) in [7, 11) is 0. The van der Waals surface area contributed by atoms with E-state index in [0.717, 1.165) is 50.8 Å². The Kier molecular flexibility index (Phi) is 9.65. The number of allylic oxidation sites excluding steroid dienone is 4. The van der Waals surface area contributed by atoms with Crippen molar-refractivity contribution < 1.29 is 0 Å². The lowest BCUT2D eigenvalue weighted by atomic mass is 9.75. The van der Waals surface area contributed by atoms with Crippen LogP contribution in [0.5, 0.6) is 0 Å². The highest BCUT2D eigenvalue weighted by Gasteiger charge is 2.31. The van der Waals surface area contributed by atoms with Gasteiger partial charge in [-0.2, -0.15) is 0 Å². The molecule has 10 aromatic carbocycles. The zero-order chi connectivity index (χ0) is 52.6. The van der Waals surface area contributed by atoms with E-state index in [1.807, 2.05) is 0 Å². The van der Waals surface area contributed by atoms with Crippen LogP contribution < -0.4 is 0 Å². The number of aromatic nitrogens is 6. The second-order valence-corrected chi connectivity index (χ2v) is 21.6. The molecule has 0 radical (unpaired) electrons. The number of imidazole rings is 1. The van der Waals surface area contributed by atoms with Gasteiger partial charge in [0, 0.05) is 84.2 Å². The Morgan fingerprint density at radius 1 is 0.338 bits per heavy atom. The Morgan fingerprint density at radius 2 is 0.650 bits per heavy atom. The molecule has 16 aromatic rings. The molecular weight excluding hydrogens is 973 g/mol. The summed E-state index contributed by atoms with van der Waals surface area (Å²) in [6, 6.07) is 91.5. The Morgan fingerprint density at radius 3 is 0.988 bits per heavy atom. The fourth-order valence-corrected chi connectivity index (χ4v) is 13.7. The molecule has 1 aliphatic rings. The molecular formula is C74H50N6. The summed E-state index contributed by atoms with van der Waals surface area (Å²) in [6.07, 6.45) is 9.35. The predicted molar refractivity (Wildman–Crippen MR) is 333 cm³/mol. The molecule has 0 N–H and O–H groups in total. The molecule has 6 heteroatoms. The molecule has 0 saturated heterocycles. The van der Waals surface area contributed by atoms with Gasteiger partial charge in [-0.3, -0.25) is 0 Å². The van der Waals surface area contributed by atoms with E-state index in [9.17, 15) is 0 Å². The fraction of sp³-hybridized carbons (Fsp3) is 0.0405. The van der Waals surface area contributed by atoms with Gasteiger partial charge in [-0.15, -0.1) is 0 Å². The van der Waals surface area contributed by atoms with Crippen molar-refractivity contribution in [2.45, 2.75) is 12.8 Å². The van der Waals surface area contributed by atoms with Crippen LogP contribution in [0.15, 0.2) is 273 Å². The monoisotopic (exact) mass is 1020 g/mol. The number of para-hydroxylation sites is 8. The number of benzene rings is 10. The van der Waals surface area contributed by atoms with Gasteiger partial charge in [0.2, 0.25) is 0 Å². The summed E-state index contributed by atoms with van der Waals surface area (Å²) >= 11 is 0. The van der Waals surface area contributed by atoms with Gasteiger partial charge in [-0.25, -0.2) is 4.98 Å². The van der Waals surface area contributed by atoms with Crippen LogP contribution in [0.1, 0.15) is 29.7 Å². The van der Waals surface area contributed by atoms with Gasteiger partial charge in [0.25, 0.3) is 0 Å². The lowest BCUT2D eigenvalue weighted by Gasteiger charge is -2.29. The fourth-order valence-electron chi connectivity index (χ4n) is 13.7. The van der Waals surface area contributed by atoms with E-state index in [1.54, 1.807) is 0 Å². The van der Waals surface area contributed by atoms with Crippen molar-refractivity contribution in [1.29, 1.82) is 0 Å². The van der Waals surface area contributed by atoms with Crippen LogP contribution in [0.2, 0.25) is 0 Å². The van der Waals surface area contributed by atoms with Crippen molar-refractivity contribution in [2.75, 3.05) is 0 Å². The van der Waals surface area contributed by atoms with Gasteiger partial charge in [-0.1, -0.05) is 171 Å². The highest BCUT2D eigenvalue weighted by atomic mass is 15.0. The maximum absolute atomic E-state index is 5.42. The lowest BCUT2D eigenvalue weighted by molar-refractivity contribution is 0.642. The zero-order valence-electron chi connectivity index (χ0n) is 43.8. The number of nitrogens with zero attached hydrogens (tertiary/aromatic N) is 6. The molecule has 2 atom stereocenters. The van der Waals surface area contributed by atoms with Crippen LogP contribution in [0, 0.1) is 5.92 Å². The van der Waals surface area contributed by atoms with E-state index >= 15 is 0 Å². The molecule has 376 valence electrons. The van der Waals surface area contributed by atoms with Crippen LogP contribution in [0.4, 0.5) is 0 Å². The molecule has 0 saturated carbocycles. The third-order valence-electron chi connectivity index (χ3n) is 17.2. The minimum absolute atomic E-state index is 0.0281. The second kappa shape index (κ2) is 17.3. The van der Waals surface area contributed by atoms with Crippen molar-refractivity contribution in [3.8, 4) is 22.7 Å². The van der Waals surface area contributed by atoms with Crippen molar-refractivity contribution in [3.63, 3.8) is 0 Å². The Balaban J connectivity index is 0.966. The predicted octanol–water partition coefficient (Wildman–Crippen LogP) is 18.6. The van der Waals surface area contributed by atoms with Crippen LogP contribution in [-0.2, 0) is 0 Å². The average Bonchev–Trinajstić information content (AvgIpc) is 4.52. The summed E-state index contributed by atoms with van der Waals surface area (Å²) in [5.41, 5.74) is 20.4. The van der Waals surface area contributed by atoms with Gasteiger partial charge >= 0.3 is 0 Å². The van der Waals surface area contributed by atoms with Gasteiger partial charge in [0.15, 0.2) is 0 Å². The minimum Gasteiger partial charge on any atom is -0.309 e. The lowest BCUT2D eigenvalue weighted by Crippen LogP contribution is -2.15. The summed E-state index contributed by atoms with van der Waals surface area (Å²) in [5, 5.41) is 9.85. The molecule has 0 bridgehead atoms. The van der Waals surface area contributed by atoms with Crippen LogP contribution in [-0.4, -0.2) is 27.7 Å². The quantitative estimate of drug-likeness (QED) is 0.157. The summed E-state index contributed by atoms with van der Waals surface area (Å²) in [4.78, 5) is 5.42. The topological polar surface area (TPSA) is 37.0 Å². The molecule has 0 amide bonds. The number of pyridine rings is 1. The van der Waals surface area contributed by atoms with E-state index in [1.165, 1.54) is 92.8 Å². The third-order valence-corrected chi connectivity index (χ3v) is 17.2. The normalized spacial score (nSPS) is 15.0. The average molecular weight is 1020 g/mol. The maximum Gasteiger partial charge on any atom is 0.136 e. The van der Waals surface area contributed by atoms with Gasteiger partial charge in [-0.05, 0) is 125 Å². The first kappa shape index (κ1) is 44.7. The first-order chi connectivity index (χ1) is 39.6. The molecule has 0 spiro atoms. The minimum atomic E-state index is -0.0768. The highest BCUT2D eigenvalue weighted by Crippen LogP contribution is 2.47. The Bertz CT molecular complexity index is 4790. The van der Waals surface area contributed by atoms with Crippen molar-refractivity contribution in [3.05, 3.63) is 290 Å². The van der Waals surface area contributed by atoms with Gasteiger partial charge in [0.05, 0.1) is 49.8 Å². The van der Waals surface area contributed by atoms with Crippen molar-refractivity contribution in [1.82, 2.24) is 27.7 Å². The summed E-state index contributed by atoms with van der Waals surface area (Å²) in [6.45, 7) is 2.40. The van der Waals surface area contributed by atoms with E-state index in [2.05, 4.69) is 303 Å². The number of hydrogen-bond acceptors (Lipinski definition) is 1. The largest absolute Gasteiger partial charge is 0.309 e. The molecule has 80 heavy (non-hydrogen) atoms. The van der Waals surface area contributed by atoms with Crippen LogP contribution >= 0.6 is 0 Å². The van der Waals surface area contributed by atoms with E-state index < -0.39 is 0 Å². The van der Waals surface area contributed by atoms with E-state index in [4.69, 9.17) is 4.98 Å². The number of rotatable bonds is 7. The third kappa shape index (κ3) is 6.63. The smallest absolute Gasteiger partial charge is 0.136 e. The number of fused-ring (bicyclic) bond motifs is 13. The van der Waals surface area contributed by atoms with E-state index in [-0.39, 0.29) is 11.8 Å². The molecule has 2 unspecified atom stereocenters. The number of hydrogen-bond donors (Lipinski definition) is 0. The highest BCUT2D eigenvalue weighted by molar-refractivity contribution is 6.13. The summed E-state index contributed by atoms with van der Waals surface area (Å²) in [5.74, 6) is -0.0487. The molecule has 6 aromatic heterocycles. The molecule has 6 heterocycles. The first-order valence-corrected chi connectivity index (χ1v) is 27.7. The van der Waals surface area contributed by atoms with Crippen LogP contribution in [0.25, 0.3) is 127 Å². The molecule has 1 aliphatic carbocycles. The second-order valence-electron chi connectivity index (χ2n) is 21.6. The zero-order valence-corrected chi connectivity index (χ0v) is 43.8. The SMILES string of the molecule is CC1C(c2cc(-n3c4ccccc4c4ccccc43)cc(-n3c4ccccc4c4ccccc43)c2)=CC(c2cc(-n3c4ccccc4c4ccccc43)cc(-n3c4ccccc4c4ccccc43)c2)=CC1c1cn2ccccc2n1. The van der Waals surface area contributed by atoms with Gasteiger partial charge in [0.1, 0.15) is 5.65 Å². The molecule has 6 nitrogen and oxygen atoms in total. The molecule has 0 fully saturated rings. The first-order valence-electron chi connectivity index (χ1n) is 27.7.